The van der Waals surface area contributed by atoms with Gasteiger partial charge in [-0.3, -0.25) is 4.79 Å². The highest BCUT2D eigenvalue weighted by Gasteiger charge is 2.52. The van der Waals surface area contributed by atoms with Crippen molar-refractivity contribution in [3.8, 4) is 0 Å². The molecule has 0 radical (unpaired) electrons. The van der Waals surface area contributed by atoms with Gasteiger partial charge in [-0.1, -0.05) is 32.1 Å². The number of amides is 1. The molecule has 4 rings (SSSR count). The molecular formula is C18H30N2O. The molecule has 3 heteroatoms. The van der Waals surface area contributed by atoms with Gasteiger partial charge in [0.15, 0.2) is 0 Å². The van der Waals surface area contributed by atoms with Crippen LogP contribution in [0.15, 0.2) is 0 Å². The molecule has 0 spiro atoms. The molecule has 0 N–H and O–H groups in total. The van der Waals surface area contributed by atoms with Crippen molar-refractivity contribution >= 4 is 5.91 Å². The number of likely N-dealkylation sites (tertiary alicyclic amines) is 1. The third-order valence-electron chi connectivity index (χ3n) is 6.65. The Balaban J connectivity index is 1.41. The van der Waals surface area contributed by atoms with E-state index in [4.69, 9.17) is 0 Å². The first-order valence-electron chi connectivity index (χ1n) is 9.25. The van der Waals surface area contributed by atoms with Crippen molar-refractivity contribution in [1.82, 2.24) is 9.80 Å². The zero-order chi connectivity index (χ0) is 14.4. The van der Waals surface area contributed by atoms with Crippen molar-refractivity contribution in [3.05, 3.63) is 0 Å². The Hall–Kier alpha value is -0.570. The van der Waals surface area contributed by atoms with E-state index in [2.05, 4.69) is 16.8 Å². The average Bonchev–Trinajstić information content (AvgIpc) is 3.22. The fraction of sp³-hybridized carbons (Fsp3) is 0.944. The quantitative estimate of drug-likeness (QED) is 0.781. The second-order valence-corrected chi connectivity index (χ2v) is 8.09. The molecule has 3 nitrogen and oxygen atoms in total. The standard InChI is InChI=1S/C18H30N2O/c1-19-10-9-14-7-8-15(12-19)20(14)18(21)17-11-16(17)13-5-3-2-4-6-13/h13-17H,2-12H2,1H3/t14-,15+,16?,17?/m0/s1. The number of rotatable bonds is 2. The minimum absolute atomic E-state index is 0.402. The van der Waals surface area contributed by atoms with E-state index in [9.17, 15) is 4.79 Å². The molecule has 0 aromatic rings. The van der Waals surface area contributed by atoms with Gasteiger partial charge in [0, 0.05) is 24.5 Å². The number of likely N-dealkylation sites (N-methyl/N-ethyl adjacent to an activating group) is 1. The van der Waals surface area contributed by atoms with Gasteiger partial charge in [0.1, 0.15) is 0 Å². The van der Waals surface area contributed by atoms with Crippen LogP contribution in [-0.4, -0.2) is 47.9 Å². The lowest BCUT2D eigenvalue weighted by Crippen LogP contribution is -2.44. The molecule has 4 aliphatic rings. The molecule has 2 bridgehead atoms. The zero-order valence-electron chi connectivity index (χ0n) is 13.5. The summed E-state index contributed by atoms with van der Waals surface area (Å²) in [5.74, 6) is 2.56. The number of hydrogen-bond donors (Lipinski definition) is 0. The molecule has 2 unspecified atom stereocenters. The van der Waals surface area contributed by atoms with Crippen molar-refractivity contribution in [2.24, 2.45) is 17.8 Å². The summed E-state index contributed by atoms with van der Waals surface area (Å²) in [4.78, 5) is 17.8. The number of carbonyl (C=O) groups is 1. The fourth-order valence-electron chi connectivity index (χ4n) is 5.38. The molecule has 0 aromatic heterocycles. The van der Waals surface area contributed by atoms with E-state index in [0.717, 1.165) is 18.4 Å². The van der Waals surface area contributed by atoms with Gasteiger partial charge in [-0.15, -0.1) is 0 Å². The predicted octanol–water partition coefficient (Wildman–Crippen LogP) is 2.90. The van der Waals surface area contributed by atoms with E-state index in [0.29, 0.717) is 23.9 Å². The van der Waals surface area contributed by atoms with Crippen LogP contribution in [0.1, 0.15) is 57.8 Å². The summed E-state index contributed by atoms with van der Waals surface area (Å²) < 4.78 is 0. The molecule has 2 saturated heterocycles. The average molecular weight is 290 g/mol. The van der Waals surface area contributed by atoms with Crippen molar-refractivity contribution in [3.63, 3.8) is 0 Å². The third kappa shape index (κ3) is 2.62. The molecule has 0 aromatic carbocycles. The molecule has 118 valence electrons. The summed E-state index contributed by atoms with van der Waals surface area (Å²) in [6, 6.07) is 1.07. The van der Waals surface area contributed by atoms with Gasteiger partial charge in [0.05, 0.1) is 0 Å². The Bertz CT molecular complexity index is 404. The van der Waals surface area contributed by atoms with Crippen molar-refractivity contribution in [1.29, 1.82) is 0 Å². The van der Waals surface area contributed by atoms with Crippen LogP contribution in [0.4, 0.5) is 0 Å². The van der Waals surface area contributed by atoms with Gasteiger partial charge in [-0.05, 0) is 51.1 Å². The monoisotopic (exact) mass is 290 g/mol. The van der Waals surface area contributed by atoms with E-state index in [-0.39, 0.29) is 0 Å². The van der Waals surface area contributed by atoms with Crippen LogP contribution in [0.5, 0.6) is 0 Å². The summed E-state index contributed by atoms with van der Waals surface area (Å²) in [5.41, 5.74) is 0. The van der Waals surface area contributed by atoms with Gasteiger partial charge < -0.3 is 9.80 Å². The number of fused-ring (bicyclic) bond motifs is 2. The van der Waals surface area contributed by atoms with Gasteiger partial charge in [0.25, 0.3) is 0 Å². The smallest absolute Gasteiger partial charge is 0.226 e. The van der Waals surface area contributed by atoms with Crippen LogP contribution in [0.2, 0.25) is 0 Å². The van der Waals surface area contributed by atoms with Crippen LogP contribution in [0, 0.1) is 17.8 Å². The molecule has 2 aliphatic heterocycles. The highest BCUT2D eigenvalue weighted by Crippen LogP contribution is 2.51. The van der Waals surface area contributed by atoms with E-state index >= 15 is 0 Å². The Morgan fingerprint density at radius 3 is 2.52 bits per heavy atom. The Morgan fingerprint density at radius 1 is 0.952 bits per heavy atom. The summed E-state index contributed by atoms with van der Waals surface area (Å²) in [5, 5.41) is 0. The molecule has 4 atom stereocenters. The van der Waals surface area contributed by atoms with Crippen molar-refractivity contribution in [2.75, 3.05) is 20.1 Å². The third-order valence-corrected chi connectivity index (χ3v) is 6.65. The molecule has 2 saturated carbocycles. The summed E-state index contributed by atoms with van der Waals surface area (Å²) in [6.07, 6.45) is 11.9. The second kappa shape index (κ2) is 5.57. The number of carbonyl (C=O) groups excluding carboxylic acids is 1. The highest BCUT2D eigenvalue weighted by molar-refractivity contribution is 5.82. The minimum atomic E-state index is 0.402. The first kappa shape index (κ1) is 14.0. The maximum Gasteiger partial charge on any atom is 0.226 e. The van der Waals surface area contributed by atoms with Crippen molar-refractivity contribution < 1.29 is 4.79 Å². The Morgan fingerprint density at radius 2 is 1.71 bits per heavy atom. The second-order valence-electron chi connectivity index (χ2n) is 8.09. The van der Waals surface area contributed by atoms with E-state index in [1.807, 2.05) is 0 Å². The van der Waals surface area contributed by atoms with Gasteiger partial charge in [0.2, 0.25) is 5.91 Å². The van der Waals surface area contributed by atoms with Crippen LogP contribution in [-0.2, 0) is 4.79 Å². The first-order valence-corrected chi connectivity index (χ1v) is 9.25. The lowest BCUT2D eigenvalue weighted by Gasteiger charge is -2.29. The molecule has 2 heterocycles. The normalized spacial score (nSPS) is 41.1. The van der Waals surface area contributed by atoms with Gasteiger partial charge >= 0.3 is 0 Å². The fourth-order valence-corrected chi connectivity index (χ4v) is 5.38. The van der Waals surface area contributed by atoms with Gasteiger partial charge in [-0.2, -0.15) is 0 Å². The maximum absolute atomic E-state index is 13.0. The largest absolute Gasteiger partial charge is 0.335 e. The van der Waals surface area contributed by atoms with E-state index in [1.54, 1.807) is 0 Å². The molecule has 1 amide bonds. The molecular weight excluding hydrogens is 260 g/mol. The summed E-state index contributed by atoms with van der Waals surface area (Å²) in [6.45, 7) is 2.27. The van der Waals surface area contributed by atoms with Crippen LogP contribution in [0.25, 0.3) is 0 Å². The summed E-state index contributed by atoms with van der Waals surface area (Å²) >= 11 is 0. The minimum Gasteiger partial charge on any atom is -0.335 e. The number of nitrogens with zero attached hydrogens (tertiary/aromatic N) is 2. The predicted molar refractivity (Wildman–Crippen MR) is 83.9 cm³/mol. The Kier molecular flexibility index (Phi) is 3.72. The topological polar surface area (TPSA) is 23.6 Å². The van der Waals surface area contributed by atoms with Gasteiger partial charge in [-0.25, -0.2) is 0 Å². The number of hydrogen-bond acceptors (Lipinski definition) is 2. The molecule has 4 fully saturated rings. The maximum atomic E-state index is 13.0. The van der Waals surface area contributed by atoms with E-state index < -0.39 is 0 Å². The van der Waals surface area contributed by atoms with Crippen LogP contribution in [0.3, 0.4) is 0 Å². The lowest BCUT2D eigenvalue weighted by molar-refractivity contribution is -0.135. The van der Waals surface area contributed by atoms with E-state index in [1.165, 1.54) is 64.3 Å². The van der Waals surface area contributed by atoms with Crippen LogP contribution < -0.4 is 0 Å². The SMILES string of the molecule is CN1CC[C@@H]2CC[C@H](C1)N2C(=O)C1CC1C1CCCCC1. The molecule has 2 aliphatic carbocycles. The summed E-state index contributed by atoms with van der Waals surface area (Å²) in [7, 11) is 2.21. The Labute approximate surface area is 129 Å². The van der Waals surface area contributed by atoms with Crippen molar-refractivity contribution in [2.45, 2.75) is 69.9 Å². The molecule has 21 heavy (non-hydrogen) atoms. The first-order chi connectivity index (χ1) is 10.2. The highest BCUT2D eigenvalue weighted by atomic mass is 16.2. The lowest BCUT2D eigenvalue weighted by atomic mass is 9.85. The zero-order valence-corrected chi connectivity index (χ0v) is 13.5. The van der Waals surface area contributed by atoms with Crippen LogP contribution >= 0.6 is 0 Å².